The molecule has 0 saturated carbocycles. The number of sulfonamides is 1. The zero-order valence-corrected chi connectivity index (χ0v) is 12.4. The van der Waals surface area contributed by atoms with Gasteiger partial charge in [-0.2, -0.15) is 0 Å². The van der Waals surface area contributed by atoms with Gasteiger partial charge in [0.15, 0.2) is 0 Å². The van der Waals surface area contributed by atoms with E-state index in [1.54, 1.807) is 17.5 Å². The van der Waals surface area contributed by atoms with E-state index in [-0.39, 0.29) is 11.5 Å². The van der Waals surface area contributed by atoms with Crippen molar-refractivity contribution in [1.82, 2.24) is 10.0 Å². The van der Waals surface area contributed by atoms with Gasteiger partial charge < -0.3 is 5.32 Å². The van der Waals surface area contributed by atoms with E-state index in [0.717, 1.165) is 19.4 Å². The molecule has 18 heavy (non-hydrogen) atoms. The molecule has 0 spiro atoms. The van der Waals surface area contributed by atoms with Crippen LogP contribution >= 0.6 is 11.3 Å². The van der Waals surface area contributed by atoms with E-state index in [2.05, 4.69) is 23.9 Å². The van der Waals surface area contributed by atoms with Gasteiger partial charge in [-0.05, 0) is 36.2 Å². The monoisotopic (exact) mass is 288 g/mol. The molecule has 0 aliphatic carbocycles. The zero-order valence-electron chi connectivity index (χ0n) is 10.8. The topological polar surface area (TPSA) is 58.2 Å². The minimum Gasteiger partial charge on any atom is -0.312 e. The van der Waals surface area contributed by atoms with Crippen LogP contribution in [-0.2, 0) is 10.0 Å². The lowest BCUT2D eigenvalue weighted by Crippen LogP contribution is -2.52. The van der Waals surface area contributed by atoms with Crippen molar-refractivity contribution in [2.24, 2.45) is 5.41 Å². The quantitative estimate of drug-likeness (QED) is 0.888. The molecular weight excluding hydrogens is 268 g/mol. The van der Waals surface area contributed by atoms with Crippen LogP contribution in [-0.4, -0.2) is 27.5 Å². The zero-order chi connectivity index (χ0) is 13.2. The fourth-order valence-corrected chi connectivity index (χ4v) is 4.38. The normalized spacial score (nSPS) is 24.0. The molecule has 0 amide bonds. The standard InChI is InChI=1S/C12H20N2O2S2/c1-12(2)6-4-7-13-10(12)9-14-18(15,16)11-5-3-8-17-11/h3,5,8,10,13-14H,4,6-7,9H2,1-2H3. The summed E-state index contributed by atoms with van der Waals surface area (Å²) in [6, 6.07) is 3.58. The fourth-order valence-electron chi connectivity index (χ4n) is 2.30. The summed E-state index contributed by atoms with van der Waals surface area (Å²) in [5.41, 5.74) is 0.135. The number of rotatable bonds is 4. The van der Waals surface area contributed by atoms with E-state index in [4.69, 9.17) is 0 Å². The molecular formula is C12H20N2O2S2. The highest BCUT2D eigenvalue weighted by Crippen LogP contribution is 2.29. The highest BCUT2D eigenvalue weighted by Gasteiger charge is 2.32. The van der Waals surface area contributed by atoms with E-state index in [9.17, 15) is 8.42 Å². The Balaban J connectivity index is 1.99. The van der Waals surface area contributed by atoms with Crippen molar-refractivity contribution in [1.29, 1.82) is 0 Å². The fraction of sp³-hybridized carbons (Fsp3) is 0.667. The van der Waals surface area contributed by atoms with Gasteiger partial charge in [-0.15, -0.1) is 11.3 Å². The first kappa shape index (κ1) is 14.0. The summed E-state index contributed by atoms with van der Waals surface area (Å²) in [5, 5.41) is 5.18. The van der Waals surface area contributed by atoms with Crippen LogP contribution in [0.25, 0.3) is 0 Å². The number of piperidine rings is 1. The number of hydrogen-bond donors (Lipinski definition) is 2. The Morgan fingerprint density at radius 2 is 2.33 bits per heavy atom. The van der Waals surface area contributed by atoms with Crippen molar-refractivity contribution in [2.45, 2.75) is 36.9 Å². The van der Waals surface area contributed by atoms with Gasteiger partial charge in [0.25, 0.3) is 0 Å². The molecule has 1 aliphatic heterocycles. The van der Waals surface area contributed by atoms with Crippen LogP contribution in [0.1, 0.15) is 26.7 Å². The molecule has 0 radical (unpaired) electrons. The summed E-state index contributed by atoms with van der Waals surface area (Å²) < 4.78 is 27.1. The van der Waals surface area contributed by atoms with Crippen LogP contribution in [0.5, 0.6) is 0 Å². The third-order valence-electron chi connectivity index (χ3n) is 3.57. The van der Waals surface area contributed by atoms with Gasteiger partial charge in [0, 0.05) is 12.6 Å². The summed E-state index contributed by atoms with van der Waals surface area (Å²) in [6.45, 7) is 5.79. The largest absolute Gasteiger partial charge is 0.312 e. The molecule has 2 N–H and O–H groups in total. The lowest BCUT2D eigenvalue weighted by atomic mass is 9.78. The predicted octanol–water partition coefficient (Wildman–Crippen LogP) is 1.80. The average molecular weight is 288 g/mol. The summed E-state index contributed by atoms with van der Waals surface area (Å²) in [5.74, 6) is 0. The van der Waals surface area contributed by atoms with Crippen LogP contribution in [0, 0.1) is 5.41 Å². The molecule has 1 aromatic heterocycles. The van der Waals surface area contributed by atoms with Crippen LogP contribution in [0.3, 0.4) is 0 Å². The van der Waals surface area contributed by atoms with E-state index in [1.165, 1.54) is 11.3 Å². The minimum atomic E-state index is -3.34. The van der Waals surface area contributed by atoms with Gasteiger partial charge in [-0.1, -0.05) is 19.9 Å². The molecule has 4 nitrogen and oxygen atoms in total. The lowest BCUT2D eigenvalue weighted by molar-refractivity contribution is 0.182. The van der Waals surface area contributed by atoms with Gasteiger partial charge in [0.1, 0.15) is 4.21 Å². The number of hydrogen-bond acceptors (Lipinski definition) is 4. The molecule has 1 unspecified atom stereocenters. The van der Waals surface area contributed by atoms with Gasteiger partial charge in [0.2, 0.25) is 10.0 Å². The van der Waals surface area contributed by atoms with Gasteiger partial charge >= 0.3 is 0 Å². The second-order valence-electron chi connectivity index (χ2n) is 5.38. The van der Waals surface area contributed by atoms with E-state index >= 15 is 0 Å². The smallest absolute Gasteiger partial charge is 0.250 e. The Morgan fingerprint density at radius 1 is 1.56 bits per heavy atom. The molecule has 1 saturated heterocycles. The predicted molar refractivity (Wildman–Crippen MR) is 74.3 cm³/mol. The molecule has 1 atom stereocenters. The highest BCUT2D eigenvalue weighted by atomic mass is 32.2. The third kappa shape index (κ3) is 3.12. The van der Waals surface area contributed by atoms with Crippen molar-refractivity contribution in [3.63, 3.8) is 0 Å². The van der Waals surface area contributed by atoms with Gasteiger partial charge in [0.05, 0.1) is 0 Å². The lowest BCUT2D eigenvalue weighted by Gasteiger charge is -2.39. The van der Waals surface area contributed by atoms with E-state index < -0.39 is 10.0 Å². The van der Waals surface area contributed by atoms with Crippen molar-refractivity contribution in [3.05, 3.63) is 17.5 Å². The molecule has 1 aromatic rings. The number of thiophene rings is 1. The molecule has 102 valence electrons. The number of nitrogens with one attached hydrogen (secondary N) is 2. The highest BCUT2D eigenvalue weighted by molar-refractivity contribution is 7.91. The Kier molecular flexibility index (Phi) is 4.11. The van der Waals surface area contributed by atoms with Crippen molar-refractivity contribution >= 4 is 21.4 Å². The summed E-state index contributed by atoms with van der Waals surface area (Å²) in [7, 11) is -3.34. The Morgan fingerprint density at radius 3 is 2.94 bits per heavy atom. The molecule has 1 fully saturated rings. The molecule has 0 aromatic carbocycles. The summed E-state index contributed by atoms with van der Waals surface area (Å²) in [4.78, 5) is 0. The SMILES string of the molecule is CC1(C)CCCNC1CNS(=O)(=O)c1cccs1. The minimum absolute atomic E-state index is 0.135. The van der Waals surface area contributed by atoms with Crippen molar-refractivity contribution < 1.29 is 8.42 Å². The average Bonchev–Trinajstić information content (AvgIpc) is 2.81. The molecule has 2 heterocycles. The Bertz CT molecular complexity index is 480. The second-order valence-corrected chi connectivity index (χ2v) is 8.32. The first-order valence-electron chi connectivity index (χ1n) is 6.18. The third-order valence-corrected chi connectivity index (χ3v) is 6.39. The van der Waals surface area contributed by atoms with Gasteiger partial charge in [-0.25, -0.2) is 13.1 Å². The summed E-state index contributed by atoms with van der Waals surface area (Å²) >= 11 is 1.25. The Labute approximate surface area is 113 Å². The Hall–Kier alpha value is -0.430. The van der Waals surface area contributed by atoms with Crippen molar-refractivity contribution in [2.75, 3.05) is 13.1 Å². The maximum atomic E-state index is 12.0. The van der Waals surface area contributed by atoms with Crippen LogP contribution < -0.4 is 10.0 Å². The summed E-state index contributed by atoms with van der Waals surface area (Å²) in [6.07, 6.45) is 2.28. The van der Waals surface area contributed by atoms with Crippen LogP contribution in [0.15, 0.2) is 21.7 Å². The van der Waals surface area contributed by atoms with E-state index in [1.807, 2.05) is 0 Å². The maximum Gasteiger partial charge on any atom is 0.250 e. The van der Waals surface area contributed by atoms with Gasteiger partial charge in [-0.3, -0.25) is 0 Å². The first-order valence-corrected chi connectivity index (χ1v) is 8.55. The molecule has 2 rings (SSSR count). The molecule has 6 heteroatoms. The molecule has 0 bridgehead atoms. The van der Waals surface area contributed by atoms with E-state index in [0.29, 0.717) is 10.8 Å². The molecule has 1 aliphatic rings. The van der Waals surface area contributed by atoms with Crippen LogP contribution in [0.4, 0.5) is 0 Å². The van der Waals surface area contributed by atoms with Crippen LogP contribution in [0.2, 0.25) is 0 Å². The van der Waals surface area contributed by atoms with Crippen molar-refractivity contribution in [3.8, 4) is 0 Å². The maximum absolute atomic E-state index is 12.0. The first-order chi connectivity index (χ1) is 8.42. The second kappa shape index (κ2) is 5.28.